The second-order valence-corrected chi connectivity index (χ2v) is 5.10. The summed E-state index contributed by atoms with van der Waals surface area (Å²) in [6, 6.07) is 8.38. The molecule has 0 radical (unpaired) electrons. The van der Waals surface area contributed by atoms with Gasteiger partial charge in [0.15, 0.2) is 0 Å². The van der Waals surface area contributed by atoms with Gasteiger partial charge in [-0.25, -0.2) is 0 Å². The van der Waals surface area contributed by atoms with Crippen LogP contribution in [-0.4, -0.2) is 24.9 Å². The number of nitrogens with one attached hydrogen (secondary N) is 1. The van der Waals surface area contributed by atoms with Crippen LogP contribution in [0.1, 0.15) is 31.9 Å². The molecule has 3 heteroatoms. The first-order valence-corrected chi connectivity index (χ1v) is 6.24. The van der Waals surface area contributed by atoms with Crippen molar-refractivity contribution in [3.05, 3.63) is 29.8 Å². The van der Waals surface area contributed by atoms with E-state index in [0.717, 1.165) is 18.7 Å². The zero-order valence-corrected chi connectivity index (χ0v) is 10.6. The van der Waals surface area contributed by atoms with Crippen LogP contribution in [0.2, 0.25) is 0 Å². The van der Waals surface area contributed by atoms with Crippen LogP contribution in [0.3, 0.4) is 0 Å². The molecular formula is C14H21NO2. The van der Waals surface area contributed by atoms with Gasteiger partial charge in [0, 0.05) is 24.1 Å². The molecule has 1 aliphatic heterocycles. The fraction of sp³-hybridized carbons (Fsp3) is 0.571. The summed E-state index contributed by atoms with van der Waals surface area (Å²) in [5, 5.41) is 12.9. The van der Waals surface area contributed by atoms with Gasteiger partial charge in [0.2, 0.25) is 0 Å². The number of aliphatic hydroxyl groups excluding tert-OH is 1. The number of para-hydroxylation sites is 1. The lowest BCUT2D eigenvalue weighted by Gasteiger charge is -2.27. The first-order chi connectivity index (χ1) is 8.18. The van der Waals surface area contributed by atoms with E-state index in [4.69, 9.17) is 4.74 Å². The van der Waals surface area contributed by atoms with Gasteiger partial charge in [0.05, 0.1) is 6.04 Å². The summed E-state index contributed by atoms with van der Waals surface area (Å²) in [5.41, 5.74) is 1.18. The molecule has 1 aromatic rings. The Bertz CT molecular complexity index is 374. The molecular weight excluding hydrogens is 214 g/mol. The molecule has 94 valence electrons. The Morgan fingerprint density at radius 1 is 1.47 bits per heavy atom. The number of rotatable bonds is 5. The van der Waals surface area contributed by atoms with Gasteiger partial charge in [0.1, 0.15) is 12.4 Å². The molecule has 2 unspecified atom stereocenters. The number of hydrogen-bond acceptors (Lipinski definition) is 3. The minimum atomic E-state index is -0.0441. The van der Waals surface area contributed by atoms with Crippen LogP contribution < -0.4 is 10.1 Å². The molecule has 0 spiro atoms. The van der Waals surface area contributed by atoms with Gasteiger partial charge in [-0.1, -0.05) is 32.0 Å². The van der Waals surface area contributed by atoms with E-state index in [1.165, 1.54) is 5.56 Å². The molecule has 0 fully saturated rings. The number of hydrogen-bond donors (Lipinski definition) is 2. The molecule has 0 aromatic heterocycles. The van der Waals surface area contributed by atoms with E-state index in [2.05, 4.69) is 25.2 Å². The molecule has 1 aromatic carbocycles. The fourth-order valence-corrected chi connectivity index (χ4v) is 1.99. The molecule has 0 bridgehead atoms. The lowest BCUT2D eigenvalue weighted by atomic mass is 9.88. The van der Waals surface area contributed by atoms with Crippen molar-refractivity contribution in [1.29, 1.82) is 0 Å². The predicted molar refractivity (Wildman–Crippen MR) is 68.2 cm³/mol. The molecule has 0 saturated carbocycles. The van der Waals surface area contributed by atoms with Gasteiger partial charge >= 0.3 is 0 Å². The standard InChI is InChI=1S/C14H21NO2/c1-3-14(2,10-16)9-15-12-8-17-13-7-5-4-6-11(12)13/h4-7,12,15-16H,3,8-10H2,1-2H3. The Morgan fingerprint density at radius 3 is 2.94 bits per heavy atom. The van der Waals surface area contributed by atoms with Crippen molar-refractivity contribution in [2.45, 2.75) is 26.3 Å². The minimum Gasteiger partial charge on any atom is -0.491 e. The summed E-state index contributed by atoms with van der Waals surface area (Å²) in [4.78, 5) is 0. The van der Waals surface area contributed by atoms with Gasteiger partial charge in [-0.05, 0) is 12.5 Å². The second-order valence-electron chi connectivity index (χ2n) is 5.10. The molecule has 0 amide bonds. The summed E-state index contributed by atoms with van der Waals surface area (Å²) >= 11 is 0. The minimum absolute atomic E-state index is 0.0441. The molecule has 0 aliphatic carbocycles. The predicted octanol–water partition coefficient (Wildman–Crippen LogP) is 2.12. The van der Waals surface area contributed by atoms with Crippen LogP contribution in [0.15, 0.2) is 24.3 Å². The molecule has 0 saturated heterocycles. The van der Waals surface area contributed by atoms with E-state index in [-0.39, 0.29) is 18.1 Å². The Labute approximate surface area is 103 Å². The molecule has 1 heterocycles. The highest BCUT2D eigenvalue weighted by Gasteiger charge is 2.27. The molecule has 2 atom stereocenters. The fourth-order valence-electron chi connectivity index (χ4n) is 1.99. The summed E-state index contributed by atoms with van der Waals surface area (Å²) in [6.45, 7) is 5.91. The lowest BCUT2D eigenvalue weighted by molar-refractivity contribution is 0.130. The van der Waals surface area contributed by atoms with Crippen LogP contribution in [0.4, 0.5) is 0 Å². The highest BCUT2D eigenvalue weighted by atomic mass is 16.5. The van der Waals surface area contributed by atoms with E-state index in [9.17, 15) is 5.11 Å². The highest BCUT2D eigenvalue weighted by molar-refractivity contribution is 5.39. The topological polar surface area (TPSA) is 41.5 Å². The average Bonchev–Trinajstić information content (AvgIpc) is 2.79. The van der Waals surface area contributed by atoms with Crippen molar-refractivity contribution >= 4 is 0 Å². The number of fused-ring (bicyclic) bond motifs is 1. The monoisotopic (exact) mass is 235 g/mol. The first-order valence-electron chi connectivity index (χ1n) is 6.24. The molecule has 17 heavy (non-hydrogen) atoms. The maximum atomic E-state index is 9.38. The Hall–Kier alpha value is -1.06. The largest absolute Gasteiger partial charge is 0.491 e. The smallest absolute Gasteiger partial charge is 0.124 e. The summed E-state index contributed by atoms with van der Waals surface area (Å²) in [7, 11) is 0. The highest BCUT2D eigenvalue weighted by Crippen LogP contribution is 2.32. The van der Waals surface area contributed by atoms with Crippen molar-refractivity contribution in [1.82, 2.24) is 5.32 Å². The Morgan fingerprint density at radius 2 is 2.24 bits per heavy atom. The third-order valence-corrected chi connectivity index (χ3v) is 3.71. The maximum Gasteiger partial charge on any atom is 0.124 e. The van der Waals surface area contributed by atoms with Gasteiger partial charge in [0.25, 0.3) is 0 Å². The third kappa shape index (κ3) is 2.61. The molecule has 2 N–H and O–H groups in total. The van der Waals surface area contributed by atoms with Crippen LogP contribution >= 0.6 is 0 Å². The van der Waals surface area contributed by atoms with Gasteiger partial charge in [-0.3, -0.25) is 0 Å². The quantitative estimate of drug-likeness (QED) is 0.821. The van der Waals surface area contributed by atoms with Crippen LogP contribution in [0.5, 0.6) is 5.75 Å². The van der Waals surface area contributed by atoms with Crippen molar-refractivity contribution < 1.29 is 9.84 Å². The average molecular weight is 235 g/mol. The summed E-state index contributed by atoms with van der Waals surface area (Å²) in [6.07, 6.45) is 0.964. The SMILES string of the molecule is CCC(C)(CO)CNC1COc2ccccc21. The van der Waals surface area contributed by atoms with Crippen molar-refractivity contribution in [2.75, 3.05) is 19.8 Å². The molecule has 2 rings (SSSR count). The van der Waals surface area contributed by atoms with Crippen LogP contribution in [0, 0.1) is 5.41 Å². The molecule has 3 nitrogen and oxygen atoms in total. The lowest BCUT2D eigenvalue weighted by Crippen LogP contribution is -2.36. The van der Waals surface area contributed by atoms with E-state index in [0.29, 0.717) is 6.61 Å². The Balaban J connectivity index is 1.98. The normalized spacial score (nSPS) is 21.7. The maximum absolute atomic E-state index is 9.38. The second kappa shape index (κ2) is 5.07. The van der Waals surface area contributed by atoms with Crippen molar-refractivity contribution in [2.24, 2.45) is 5.41 Å². The van der Waals surface area contributed by atoms with E-state index >= 15 is 0 Å². The van der Waals surface area contributed by atoms with Crippen molar-refractivity contribution in [3.8, 4) is 5.75 Å². The number of ether oxygens (including phenoxy) is 1. The van der Waals surface area contributed by atoms with Crippen LogP contribution in [-0.2, 0) is 0 Å². The van der Waals surface area contributed by atoms with E-state index < -0.39 is 0 Å². The van der Waals surface area contributed by atoms with Gasteiger partial charge in [-0.15, -0.1) is 0 Å². The van der Waals surface area contributed by atoms with Gasteiger partial charge < -0.3 is 15.2 Å². The summed E-state index contributed by atoms with van der Waals surface area (Å²) in [5.74, 6) is 0.979. The summed E-state index contributed by atoms with van der Waals surface area (Å²) < 4.78 is 5.62. The van der Waals surface area contributed by atoms with Crippen molar-refractivity contribution in [3.63, 3.8) is 0 Å². The third-order valence-electron chi connectivity index (χ3n) is 3.71. The first kappa shape index (κ1) is 12.4. The zero-order chi connectivity index (χ0) is 12.3. The Kier molecular flexibility index (Phi) is 3.69. The number of aliphatic hydroxyl groups is 1. The van der Waals surface area contributed by atoms with Gasteiger partial charge in [-0.2, -0.15) is 0 Å². The van der Waals surface area contributed by atoms with E-state index in [1.54, 1.807) is 0 Å². The zero-order valence-electron chi connectivity index (χ0n) is 10.6. The molecule has 1 aliphatic rings. The number of benzene rings is 1. The van der Waals surface area contributed by atoms with Crippen LogP contribution in [0.25, 0.3) is 0 Å². The van der Waals surface area contributed by atoms with E-state index in [1.807, 2.05) is 18.2 Å².